The molecule has 1 fully saturated rings. The molecule has 1 N–H and O–H groups in total. The van der Waals surface area contributed by atoms with Crippen LogP contribution in [0.4, 0.5) is 5.69 Å². The second-order valence-electron chi connectivity index (χ2n) is 7.81. The monoisotopic (exact) mass is 394 g/mol. The predicted molar refractivity (Wildman–Crippen MR) is 108 cm³/mol. The summed E-state index contributed by atoms with van der Waals surface area (Å²) in [5, 5.41) is 16.2. The van der Waals surface area contributed by atoms with Gasteiger partial charge in [0.05, 0.1) is 24.7 Å². The molecule has 7 heteroatoms. The van der Waals surface area contributed by atoms with E-state index in [0.717, 1.165) is 48.4 Å². The molecule has 0 bridgehead atoms. The zero-order chi connectivity index (χ0) is 20.4. The van der Waals surface area contributed by atoms with Crippen molar-refractivity contribution in [3.63, 3.8) is 0 Å². The first kappa shape index (κ1) is 19.3. The normalized spacial score (nSPS) is 16.2. The van der Waals surface area contributed by atoms with E-state index in [4.69, 9.17) is 14.7 Å². The molecule has 1 saturated carbocycles. The second-order valence-corrected chi connectivity index (χ2v) is 7.81. The number of carbonyl (C=O) groups excluding carboxylic acids is 1. The number of amides is 1. The predicted octanol–water partition coefficient (Wildman–Crippen LogP) is 4.03. The molecule has 2 aromatic rings. The highest BCUT2D eigenvalue weighted by molar-refractivity contribution is 5.91. The summed E-state index contributed by atoms with van der Waals surface area (Å²) in [7, 11) is 0. The van der Waals surface area contributed by atoms with E-state index >= 15 is 0 Å². The van der Waals surface area contributed by atoms with Gasteiger partial charge in [-0.3, -0.25) is 9.48 Å². The van der Waals surface area contributed by atoms with Crippen LogP contribution in [0.5, 0.6) is 11.5 Å². The van der Waals surface area contributed by atoms with Gasteiger partial charge >= 0.3 is 0 Å². The molecule has 0 saturated heterocycles. The highest BCUT2D eigenvalue weighted by atomic mass is 16.7. The Kier molecular flexibility index (Phi) is 5.18. The number of aromatic nitrogens is 2. The van der Waals surface area contributed by atoms with Crippen molar-refractivity contribution in [1.29, 1.82) is 5.26 Å². The number of benzene rings is 1. The number of carbonyl (C=O) groups is 1. The molecule has 2 aliphatic rings. The van der Waals surface area contributed by atoms with E-state index in [0.29, 0.717) is 37.2 Å². The molecule has 0 unspecified atom stereocenters. The van der Waals surface area contributed by atoms with Gasteiger partial charge in [0.25, 0.3) is 5.79 Å². The van der Waals surface area contributed by atoms with Crippen LogP contribution < -0.4 is 14.8 Å². The molecule has 152 valence electrons. The fourth-order valence-corrected chi connectivity index (χ4v) is 4.22. The Morgan fingerprint density at radius 1 is 1.28 bits per heavy atom. The molecule has 2 heterocycles. The highest BCUT2D eigenvalue weighted by Crippen LogP contribution is 2.47. The molecule has 1 aliphatic carbocycles. The lowest BCUT2D eigenvalue weighted by molar-refractivity contribution is -0.116. The minimum atomic E-state index is -0.494. The Morgan fingerprint density at radius 2 is 2.03 bits per heavy atom. The van der Waals surface area contributed by atoms with Crippen LogP contribution in [0, 0.1) is 25.2 Å². The van der Waals surface area contributed by atoms with Gasteiger partial charge in [0, 0.05) is 36.7 Å². The molecule has 0 atom stereocenters. The van der Waals surface area contributed by atoms with Gasteiger partial charge in [-0.25, -0.2) is 0 Å². The summed E-state index contributed by atoms with van der Waals surface area (Å²) in [5.74, 6) is 0.908. The number of fused-ring (bicyclic) bond motifs is 1. The van der Waals surface area contributed by atoms with Crippen LogP contribution in [0.15, 0.2) is 18.2 Å². The van der Waals surface area contributed by atoms with Crippen LogP contribution in [-0.2, 0) is 17.8 Å². The Morgan fingerprint density at radius 3 is 2.79 bits per heavy atom. The van der Waals surface area contributed by atoms with E-state index in [1.807, 2.05) is 36.7 Å². The van der Waals surface area contributed by atoms with E-state index in [1.54, 1.807) is 0 Å². The third-order valence-corrected chi connectivity index (χ3v) is 5.75. The largest absolute Gasteiger partial charge is 0.448 e. The van der Waals surface area contributed by atoms with Crippen molar-refractivity contribution in [3.05, 3.63) is 35.2 Å². The number of rotatable bonds is 6. The molecule has 29 heavy (non-hydrogen) atoms. The van der Waals surface area contributed by atoms with Gasteiger partial charge in [0.2, 0.25) is 5.91 Å². The third kappa shape index (κ3) is 3.93. The zero-order valence-corrected chi connectivity index (χ0v) is 17.0. The molecule has 0 radical (unpaired) electrons. The second kappa shape index (κ2) is 7.78. The molecule has 1 aromatic heterocycles. The molecule has 1 aromatic carbocycles. The first-order valence-corrected chi connectivity index (χ1v) is 10.2. The summed E-state index contributed by atoms with van der Waals surface area (Å²) in [6, 6.07) is 7.70. The first-order chi connectivity index (χ1) is 14.0. The number of nitrogens with one attached hydrogen (secondary N) is 1. The molecule has 1 spiro atoms. The number of hydrogen-bond donors (Lipinski definition) is 1. The lowest BCUT2D eigenvalue weighted by Gasteiger charge is -2.21. The summed E-state index contributed by atoms with van der Waals surface area (Å²) in [6.45, 7) is 4.51. The Bertz CT molecular complexity index is 967. The standard InChI is InChI=1S/C22H26N4O3/c1-15-18(16(2)26(25-15)13-5-12-23)7-9-21(27)24-17-6-8-19-20(14-17)29-22(28-19)10-3-4-11-22/h6,8,14H,3-5,7,9-11,13H2,1-2H3,(H,24,27). The van der Waals surface area contributed by atoms with Crippen LogP contribution in [0.2, 0.25) is 0 Å². The Hall–Kier alpha value is -3.01. The maximum absolute atomic E-state index is 12.5. The fraction of sp³-hybridized carbons (Fsp3) is 0.500. The number of aryl methyl sites for hydroxylation is 2. The SMILES string of the molecule is Cc1nn(CCC#N)c(C)c1CCC(=O)Nc1ccc2c(c1)OC1(CCCC1)O2. The molecular weight excluding hydrogens is 368 g/mol. The first-order valence-electron chi connectivity index (χ1n) is 10.2. The lowest BCUT2D eigenvalue weighted by Crippen LogP contribution is -2.34. The van der Waals surface area contributed by atoms with Gasteiger partial charge in [-0.05, 0) is 50.8 Å². The van der Waals surface area contributed by atoms with Gasteiger partial charge in [0.1, 0.15) is 0 Å². The van der Waals surface area contributed by atoms with Crippen molar-refractivity contribution in [2.75, 3.05) is 5.32 Å². The van der Waals surface area contributed by atoms with Crippen LogP contribution >= 0.6 is 0 Å². The summed E-state index contributed by atoms with van der Waals surface area (Å²) in [5.41, 5.74) is 3.73. The quantitative estimate of drug-likeness (QED) is 0.799. The number of nitriles is 1. The lowest BCUT2D eigenvalue weighted by atomic mass is 10.1. The smallest absolute Gasteiger partial charge is 0.251 e. The van der Waals surface area contributed by atoms with E-state index in [2.05, 4.69) is 16.5 Å². The third-order valence-electron chi connectivity index (χ3n) is 5.75. The average Bonchev–Trinajstić information content (AvgIpc) is 3.37. The van der Waals surface area contributed by atoms with Crippen molar-refractivity contribution < 1.29 is 14.3 Å². The van der Waals surface area contributed by atoms with E-state index < -0.39 is 5.79 Å². The zero-order valence-electron chi connectivity index (χ0n) is 17.0. The van der Waals surface area contributed by atoms with E-state index in [-0.39, 0.29) is 5.91 Å². The molecule has 7 nitrogen and oxygen atoms in total. The number of nitrogens with zero attached hydrogens (tertiary/aromatic N) is 3. The minimum Gasteiger partial charge on any atom is -0.448 e. The number of ether oxygens (including phenoxy) is 2. The molecule has 4 rings (SSSR count). The Balaban J connectivity index is 1.36. The highest BCUT2D eigenvalue weighted by Gasteiger charge is 2.44. The molecule has 1 amide bonds. The number of hydrogen-bond acceptors (Lipinski definition) is 5. The van der Waals surface area contributed by atoms with E-state index in [9.17, 15) is 4.79 Å². The molecular formula is C22H26N4O3. The Labute approximate surface area is 170 Å². The molecule has 1 aliphatic heterocycles. The van der Waals surface area contributed by atoms with Gasteiger partial charge in [-0.1, -0.05) is 0 Å². The van der Waals surface area contributed by atoms with Gasteiger partial charge < -0.3 is 14.8 Å². The van der Waals surface area contributed by atoms with Crippen LogP contribution in [0.3, 0.4) is 0 Å². The van der Waals surface area contributed by atoms with Gasteiger partial charge in [0.15, 0.2) is 11.5 Å². The van der Waals surface area contributed by atoms with E-state index in [1.165, 1.54) is 0 Å². The van der Waals surface area contributed by atoms with Gasteiger partial charge in [-0.15, -0.1) is 0 Å². The van der Waals surface area contributed by atoms with Crippen LogP contribution in [0.1, 0.15) is 55.5 Å². The maximum Gasteiger partial charge on any atom is 0.251 e. The minimum absolute atomic E-state index is 0.0528. The van der Waals surface area contributed by atoms with Gasteiger partial charge in [-0.2, -0.15) is 10.4 Å². The van der Waals surface area contributed by atoms with Crippen molar-refractivity contribution in [1.82, 2.24) is 9.78 Å². The van der Waals surface area contributed by atoms with Crippen molar-refractivity contribution in [2.45, 2.75) is 71.1 Å². The van der Waals surface area contributed by atoms with Crippen molar-refractivity contribution in [3.8, 4) is 17.6 Å². The number of anilines is 1. The summed E-state index contributed by atoms with van der Waals surface area (Å²) >= 11 is 0. The average molecular weight is 394 g/mol. The van der Waals surface area contributed by atoms with Crippen molar-refractivity contribution in [2.24, 2.45) is 0 Å². The summed E-state index contributed by atoms with van der Waals surface area (Å²) in [4.78, 5) is 12.5. The van der Waals surface area contributed by atoms with Crippen LogP contribution in [-0.4, -0.2) is 21.5 Å². The summed E-state index contributed by atoms with van der Waals surface area (Å²) < 4.78 is 13.9. The van der Waals surface area contributed by atoms with Crippen LogP contribution in [0.25, 0.3) is 0 Å². The topological polar surface area (TPSA) is 89.2 Å². The fourth-order valence-electron chi connectivity index (χ4n) is 4.22. The summed E-state index contributed by atoms with van der Waals surface area (Å²) in [6.07, 6.45) is 5.45. The van der Waals surface area contributed by atoms with Crippen molar-refractivity contribution >= 4 is 11.6 Å². The maximum atomic E-state index is 12.5.